The Bertz CT molecular complexity index is 854. The second kappa shape index (κ2) is 8.21. The first-order valence-corrected chi connectivity index (χ1v) is 8.91. The maximum atomic E-state index is 14.1. The summed E-state index contributed by atoms with van der Waals surface area (Å²) in [7, 11) is 0. The summed E-state index contributed by atoms with van der Waals surface area (Å²) in [5, 5.41) is 0. The molecule has 27 heavy (non-hydrogen) atoms. The fraction of sp³-hybridized carbons (Fsp3) is 0.217. The van der Waals surface area contributed by atoms with Crippen molar-refractivity contribution in [2.45, 2.75) is 26.4 Å². The Balaban J connectivity index is 1.60. The van der Waals surface area contributed by atoms with Gasteiger partial charge in [-0.1, -0.05) is 61.0 Å². The maximum Gasteiger partial charge on any atom is 0.432 e. The van der Waals surface area contributed by atoms with E-state index in [2.05, 4.69) is 0 Å². The van der Waals surface area contributed by atoms with E-state index in [1.54, 1.807) is 36.4 Å². The highest BCUT2D eigenvalue weighted by atomic mass is 19.3. The van der Waals surface area contributed by atoms with Crippen LogP contribution in [0, 0.1) is 6.92 Å². The normalized spacial score (nSPS) is 11.3. The standard InChI is InChI=1S/C23H22F2O2/c1-3-18-6-12-21(13-7-18)26-16-23(24,25)27-22-14-10-20(11-15-22)19-8-4-17(2)5-9-19/h4-15H,3,16H2,1-2H3. The molecule has 140 valence electrons. The molecule has 0 radical (unpaired) electrons. The van der Waals surface area contributed by atoms with Crippen LogP contribution in [0.1, 0.15) is 18.1 Å². The van der Waals surface area contributed by atoms with Gasteiger partial charge >= 0.3 is 6.11 Å². The molecule has 0 heterocycles. The molecule has 0 N–H and O–H groups in total. The molecule has 0 saturated heterocycles. The zero-order valence-corrected chi connectivity index (χ0v) is 15.4. The highest BCUT2D eigenvalue weighted by molar-refractivity contribution is 5.64. The van der Waals surface area contributed by atoms with E-state index in [9.17, 15) is 8.78 Å². The largest absolute Gasteiger partial charge is 0.483 e. The van der Waals surface area contributed by atoms with Gasteiger partial charge < -0.3 is 9.47 Å². The summed E-state index contributed by atoms with van der Waals surface area (Å²) < 4.78 is 38.1. The lowest BCUT2D eigenvalue weighted by Crippen LogP contribution is -2.32. The molecule has 0 bridgehead atoms. The molecule has 0 atom stereocenters. The van der Waals surface area contributed by atoms with E-state index in [1.165, 1.54) is 5.56 Å². The van der Waals surface area contributed by atoms with Crippen LogP contribution in [0.4, 0.5) is 8.78 Å². The molecule has 0 aromatic heterocycles. The monoisotopic (exact) mass is 368 g/mol. The number of benzene rings is 3. The van der Waals surface area contributed by atoms with Crippen LogP contribution in [0.5, 0.6) is 11.5 Å². The van der Waals surface area contributed by atoms with Crippen molar-refractivity contribution in [1.82, 2.24) is 0 Å². The van der Waals surface area contributed by atoms with E-state index in [4.69, 9.17) is 9.47 Å². The van der Waals surface area contributed by atoms with E-state index in [-0.39, 0.29) is 5.75 Å². The number of alkyl halides is 2. The van der Waals surface area contributed by atoms with E-state index in [0.29, 0.717) is 5.75 Å². The van der Waals surface area contributed by atoms with Crippen LogP contribution in [0.2, 0.25) is 0 Å². The Kier molecular flexibility index (Phi) is 5.75. The number of halogens is 2. The molecule has 0 fully saturated rings. The van der Waals surface area contributed by atoms with Crippen molar-refractivity contribution in [2.75, 3.05) is 6.61 Å². The van der Waals surface area contributed by atoms with Crippen LogP contribution in [0.3, 0.4) is 0 Å². The molecule has 3 rings (SSSR count). The summed E-state index contributed by atoms with van der Waals surface area (Å²) in [6.07, 6.45) is -2.53. The average molecular weight is 368 g/mol. The minimum absolute atomic E-state index is 0.0980. The maximum absolute atomic E-state index is 14.1. The predicted octanol–water partition coefficient (Wildman–Crippen LogP) is 6.28. The Morgan fingerprint density at radius 1 is 0.741 bits per heavy atom. The molecule has 0 aliphatic heterocycles. The summed E-state index contributed by atoms with van der Waals surface area (Å²) in [6, 6.07) is 21.7. The third-order valence-electron chi connectivity index (χ3n) is 4.24. The van der Waals surface area contributed by atoms with Gasteiger partial charge in [0.15, 0.2) is 6.61 Å². The van der Waals surface area contributed by atoms with Crippen LogP contribution in [-0.2, 0) is 6.42 Å². The van der Waals surface area contributed by atoms with Crippen LogP contribution < -0.4 is 9.47 Å². The SMILES string of the molecule is CCc1ccc(OCC(F)(F)Oc2ccc(-c3ccc(C)cc3)cc2)cc1. The smallest absolute Gasteiger partial charge is 0.432 e. The summed E-state index contributed by atoms with van der Waals surface area (Å²) in [5.74, 6) is 0.492. The van der Waals surface area contributed by atoms with Crippen molar-refractivity contribution in [3.63, 3.8) is 0 Å². The third kappa shape index (κ3) is 5.30. The lowest BCUT2D eigenvalue weighted by atomic mass is 10.0. The average Bonchev–Trinajstić information content (AvgIpc) is 2.68. The summed E-state index contributed by atoms with van der Waals surface area (Å²) in [5.41, 5.74) is 4.26. The van der Waals surface area contributed by atoms with Gasteiger partial charge in [-0.25, -0.2) is 0 Å². The molecule has 0 spiro atoms. The van der Waals surface area contributed by atoms with E-state index >= 15 is 0 Å². The van der Waals surface area contributed by atoms with Crippen LogP contribution in [0.25, 0.3) is 11.1 Å². The Hall–Kier alpha value is -2.88. The van der Waals surface area contributed by atoms with Crippen molar-refractivity contribution in [3.05, 3.63) is 83.9 Å². The second-order valence-corrected chi connectivity index (χ2v) is 6.42. The highest BCUT2D eigenvalue weighted by Gasteiger charge is 2.33. The Morgan fingerprint density at radius 2 is 1.26 bits per heavy atom. The lowest BCUT2D eigenvalue weighted by Gasteiger charge is -2.19. The highest BCUT2D eigenvalue weighted by Crippen LogP contribution is 2.27. The van der Waals surface area contributed by atoms with Crippen molar-refractivity contribution in [3.8, 4) is 22.6 Å². The van der Waals surface area contributed by atoms with Crippen LogP contribution >= 0.6 is 0 Å². The number of ether oxygens (including phenoxy) is 2. The van der Waals surface area contributed by atoms with Crippen LogP contribution in [-0.4, -0.2) is 12.7 Å². The molecular weight excluding hydrogens is 346 g/mol. The topological polar surface area (TPSA) is 18.5 Å². The van der Waals surface area contributed by atoms with Crippen molar-refractivity contribution < 1.29 is 18.3 Å². The molecule has 0 aliphatic carbocycles. The number of rotatable bonds is 7. The summed E-state index contributed by atoms with van der Waals surface area (Å²) in [6.45, 7) is 3.20. The zero-order chi connectivity index (χ0) is 19.3. The van der Waals surface area contributed by atoms with Gasteiger partial charge in [-0.3, -0.25) is 0 Å². The van der Waals surface area contributed by atoms with E-state index in [1.807, 2.05) is 50.2 Å². The van der Waals surface area contributed by atoms with Gasteiger partial charge in [-0.15, -0.1) is 0 Å². The molecule has 0 aliphatic rings. The molecule has 4 heteroatoms. The quantitative estimate of drug-likeness (QED) is 0.489. The molecule has 0 amide bonds. The molecule has 0 unspecified atom stereocenters. The van der Waals surface area contributed by atoms with Gasteiger partial charge in [0.1, 0.15) is 11.5 Å². The van der Waals surface area contributed by atoms with Gasteiger partial charge in [-0.05, 0) is 54.3 Å². The van der Waals surface area contributed by atoms with Crippen molar-refractivity contribution >= 4 is 0 Å². The van der Waals surface area contributed by atoms with Gasteiger partial charge in [0, 0.05) is 0 Å². The zero-order valence-electron chi connectivity index (χ0n) is 15.4. The predicted molar refractivity (Wildman–Crippen MR) is 104 cm³/mol. The second-order valence-electron chi connectivity index (χ2n) is 6.42. The van der Waals surface area contributed by atoms with Gasteiger partial charge in [0.25, 0.3) is 0 Å². The van der Waals surface area contributed by atoms with Crippen LogP contribution in [0.15, 0.2) is 72.8 Å². The van der Waals surface area contributed by atoms with E-state index < -0.39 is 12.7 Å². The lowest BCUT2D eigenvalue weighted by molar-refractivity contribution is -0.195. The fourth-order valence-corrected chi connectivity index (χ4v) is 2.65. The summed E-state index contributed by atoms with van der Waals surface area (Å²) in [4.78, 5) is 0. The molecule has 2 nitrogen and oxygen atoms in total. The fourth-order valence-electron chi connectivity index (χ4n) is 2.65. The first-order valence-electron chi connectivity index (χ1n) is 8.91. The van der Waals surface area contributed by atoms with Gasteiger partial charge in [0.05, 0.1) is 0 Å². The van der Waals surface area contributed by atoms with Gasteiger partial charge in [-0.2, -0.15) is 8.78 Å². The first-order chi connectivity index (χ1) is 12.9. The molecule has 3 aromatic carbocycles. The number of hydrogen-bond acceptors (Lipinski definition) is 2. The van der Waals surface area contributed by atoms with Crippen molar-refractivity contribution in [1.29, 1.82) is 0 Å². The minimum atomic E-state index is -3.42. The number of hydrogen-bond donors (Lipinski definition) is 0. The van der Waals surface area contributed by atoms with E-state index in [0.717, 1.165) is 23.1 Å². The molecular formula is C23H22F2O2. The third-order valence-corrected chi connectivity index (χ3v) is 4.24. The van der Waals surface area contributed by atoms with Crippen molar-refractivity contribution in [2.24, 2.45) is 0 Å². The Morgan fingerprint density at radius 3 is 1.81 bits per heavy atom. The summed E-state index contributed by atoms with van der Waals surface area (Å²) >= 11 is 0. The molecule has 0 saturated carbocycles. The Labute approximate surface area is 158 Å². The minimum Gasteiger partial charge on any atom is -0.483 e. The molecule has 3 aromatic rings. The van der Waals surface area contributed by atoms with Gasteiger partial charge in [0.2, 0.25) is 0 Å². The first kappa shape index (κ1) is 18.9. The number of aryl methyl sites for hydroxylation is 2.